The summed E-state index contributed by atoms with van der Waals surface area (Å²) in [6.45, 7) is 1.62. The molecule has 1 N–H and O–H groups in total. The summed E-state index contributed by atoms with van der Waals surface area (Å²) < 4.78 is 85.2. The summed E-state index contributed by atoms with van der Waals surface area (Å²) in [6.07, 6.45) is -7.11. The first-order chi connectivity index (χ1) is 21.7. The first-order valence-corrected chi connectivity index (χ1v) is 13.8. The van der Waals surface area contributed by atoms with Gasteiger partial charge in [0, 0.05) is 5.56 Å². The number of hydrazone groups is 1. The molecule has 0 spiro atoms. The third-order valence-electron chi connectivity index (χ3n) is 5.91. The van der Waals surface area contributed by atoms with E-state index in [1.54, 1.807) is 31.2 Å². The molecular formula is C28H19F6N7O4S. The average molecular weight is 664 g/mol. The Hall–Kier alpha value is -5.39. The fraction of sp³-hybridized carbons (Fsp3) is 0.143. The van der Waals surface area contributed by atoms with Gasteiger partial charge in [0.1, 0.15) is 12.1 Å². The number of aliphatic imine (C=N–C) groups is 1. The number of amides is 3. The first kappa shape index (κ1) is 32.0. The van der Waals surface area contributed by atoms with Crippen LogP contribution in [0, 0.1) is 6.92 Å². The number of hydrogen-bond acceptors (Lipinski definition) is 8. The van der Waals surface area contributed by atoms with Crippen LogP contribution in [0.1, 0.15) is 11.1 Å². The molecule has 4 aromatic rings. The number of anilines is 1. The fourth-order valence-corrected chi connectivity index (χ4v) is 4.87. The highest BCUT2D eigenvalue weighted by Gasteiger charge is 2.37. The van der Waals surface area contributed by atoms with Crippen molar-refractivity contribution in [2.24, 2.45) is 10.1 Å². The summed E-state index contributed by atoms with van der Waals surface area (Å²) in [4.78, 5) is 33.9. The maximum absolute atomic E-state index is 12.9. The number of ether oxygens (including phenoxy) is 2. The van der Waals surface area contributed by atoms with Gasteiger partial charge in [0.2, 0.25) is 5.91 Å². The molecule has 0 bridgehead atoms. The molecule has 1 aromatic heterocycles. The molecule has 0 radical (unpaired) electrons. The van der Waals surface area contributed by atoms with Crippen LogP contribution in [0.5, 0.6) is 11.5 Å². The number of urea groups is 1. The van der Waals surface area contributed by atoms with Crippen LogP contribution < -0.4 is 19.8 Å². The van der Waals surface area contributed by atoms with Crippen LogP contribution in [-0.4, -0.2) is 56.6 Å². The zero-order valence-electron chi connectivity index (χ0n) is 23.2. The van der Waals surface area contributed by atoms with Gasteiger partial charge in [-0.15, -0.1) is 31.4 Å². The highest BCUT2D eigenvalue weighted by molar-refractivity contribution is 8.15. The number of alkyl halides is 6. The van der Waals surface area contributed by atoms with Gasteiger partial charge in [0.25, 0.3) is 0 Å². The number of amidine groups is 1. The number of nitrogens with one attached hydrogen (secondary N) is 1. The summed E-state index contributed by atoms with van der Waals surface area (Å²) in [7, 11) is 0. The van der Waals surface area contributed by atoms with E-state index in [4.69, 9.17) is 0 Å². The number of aryl methyl sites for hydroxylation is 1. The van der Waals surface area contributed by atoms with Gasteiger partial charge in [0.05, 0.1) is 23.3 Å². The molecule has 0 aliphatic carbocycles. The van der Waals surface area contributed by atoms with Gasteiger partial charge in [-0.3, -0.25) is 9.69 Å². The minimum absolute atomic E-state index is 0.155. The van der Waals surface area contributed by atoms with Crippen molar-refractivity contribution in [2.45, 2.75) is 19.6 Å². The van der Waals surface area contributed by atoms with E-state index in [0.29, 0.717) is 28.2 Å². The van der Waals surface area contributed by atoms with Gasteiger partial charge < -0.3 is 9.47 Å². The van der Waals surface area contributed by atoms with Crippen molar-refractivity contribution in [1.29, 1.82) is 0 Å². The lowest BCUT2D eigenvalue weighted by molar-refractivity contribution is -0.275. The number of hydrogen-bond donors (Lipinski definition) is 1. The van der Waals surface area contributed by atoms with E-state index < -0.39 is 30.4 Å². The molecule has 3 aromatic carbocycles. The maximum Gasteiger partial charge on any atom is 0.573 e. The lowest BCUT2D eigenvalue weighted by Crippen LogP contribution is -2.32. The Morgan fingerprint density at radius 3 is 2.35 bits per heavy atom. The molecule has 238 valence electrons. The van der Waals surface area contributed by atoms with Crippen LogP contribution in [0.15, 0.2) is 83.2 Å². The summed E-state index contributed by atoms with van der Waals surface area (Å²) in [5.41, 5.74) is 4.12. The molecule has 1 fully saturated rings. The second-order valence-corrected chi connectivity index (χ2v) is 10.2. The SMILES string of the molecule is Cc1ccc(OC(F)(F)F)c(N2C(=O)CSC2=NC(=O)N/N=C/c2ccc(-c3ncn(-c4ccc(OC(F)(F)F)cc4)n3)cc2)c1. The molecule has 0 saturated carbocycles. The fourth-order valence-electron chi connectivity index (χ4n) is 4.01. The second-order valence-electron chi connectivity index (χ2n) is 9.28. The number of halogens is 6. The monoisotopic (exact) mass is 663 g/mol. The van der Waals surface area contributed by atoms with E-state index in [-0.39, 0.29) is 22.4 Å². The third-order valence-corrected chi connectivity index (χ3v) is 6.84. The smallest absolute Gasteiger partial charge is 0.406 e. The van der Waals surface area contributed by atoms with Crippen molar-refractivity contribution in [3.05, 3.63) is 84.2 Å². The van der Waals surface area contributed by atoms with Crippen LogP contribution in [0.2, 0.25) is 0 Å². The normalized spacial score (nSPS) is 14.7. The zero-order valence-corrected chi connectivity index (χ0v) is 24.0. The molecule has 5 rings (SSSR count). The molecule has 1 aliphatic rings. The van der Waals surface area contributed by atoms with Crippen LogP contribution in [0.25, 0.3) is 17.1 Å². The quantitative estimate of drug-likeness (QED) is 0.142. The Morgan fingerprint density at radius 2 is 1.67 bits per heavy atom. The third kappa shape index (κ3) is 8.20. The topological polar surface area (TPSA) is 123 Å². The summed E-state index contributed by atoms with van der Waals surface area (Å²) in [6, 6.07) is 14.5. The molecule has 3 amide bonds. The number of carbonyl (C=O) groups is 2. The molecule has 2 heterocycles. The predicted octanol–water partition coefficient (Wildman–Crippen LogP) is 6.22. The van der Waals surface area contributed by atoms with Crippen LogP contribution in [0.4, 0.5) is 36.8 Å². The molecular weight excluding hydrogens is 644 g/mol. The van der Waals surface area contributed by atoms with Gasteiger partial charge in [0.15, 0.2) is 16.7 Å². The standard InChI is InChI=1S/C28H19F6N7O4S/c1-16-2-11-22(45-28(32,33)34)21(12-16)41-23(42)14-46-26(41)37-25(43)38-36-13-17-3-5-18(6-4-17)24-35-15-40(39-24)19-7-9-20(10-8-19)44-27(29,30)31/h2-13,15H,14H2,1H3,(H,38,43)/b36-13+,37-26?. The van der Waals surface area contributed by atoms with Crippen molar-refractivity contribution in [1.82, 2.24) is 20.2 Å². The molecule has 0 unspecified atom stereocenters. The van der Waals surface area contributed by atoms with Gasteiger partial charge in [-0.1, -0.05) is 42.1 Å². The highest BCUT2D eigenvalue weighted by Crippen LogP contribution is 2.37. The Balaban J connectivity index is 1.22. The summed E-state index contributed by atoms with van der Waals surface area (Å²) in [5, 5.41) is 7.99. The molecule has 0 atom stereocenters. The second kappa shape index (κ2) is 12.9. The van der Waals surface area contributed by atoms with Gasteiger partial charge in [-0.25, -0.2) is 19.9 Å². The number of rotatable bonds is 7. The van der Waals surface area contributed by atoms with E-state index in [0.717, 1.165) is 34.9 Å². The zero-order chi connectivity index (χ0) is 33.1. The minimum atomic E-state index is -5.01. The van der Waals surface area contributed by atoms with Crippen LogP contribution >= 0.6 is 11.8 Å². The van der Waals surface area contributed by atoms with Crippen molar-refractivity contribution in [3.8, 4) is 28.6 Å². The summed E-state index contributed by atoms with van der Waals surface area (Å²) in [5.74, 6) is -1.42. The number of thioether (sulfide) groups is 1. The molecule has 1 aliphatic heterocycles. The van der Waals surface area contributed by atoms with Gasteiger partial charge in [-0.2, -0.15) is 10.1 Å². The van der Waals surface area contributed by atoms with E-state index in [9.17, 15) is 35.9 Å². The Kier molecular flexibility index (Phi) is 8.99. The number of carbonyl (C=O) groups excluding carboxylic acids is 2. The molecule has 1 saturated heterocycles. The largest absolute Gasteiger partial charge is 0.573 e. The van der Waals surface area contributed by atoms with Crippen molar-refractivity contribution >= 4 is 40.8 Å². The average Bonchev–Trinajstić information content (AvgIpc) is 3.60. The highest BCUT2D eigenvalue weighted by atomic mass is 32.2. The van der Waals surface area contributed by atoms with Crippen LogP contribution in [0.3, 0.4) is 0 Å². The Labute approximate surface area is 259 Å². The molecule has 46 heavy (non-hydrogen) atoms. The first-order valence-electron chi connectivity index (χ1n) is 12.9. The van der Waals surface area contributed by atoms with Gasteiger partial charge >= 0.3 is 18.8 Å². The molecule has 18 heteroatoms. The van der Waals surface area contributed by atoms with Gasteiger partial charge in [-0.05, 0) is 54.4 Å². The van der Waals surface area contributed by atoms with E-state index in [1.807, 2.05) is 0 Å². The van der Waals surface area contributed by atoms with E-state index in [2.05, 4.69) is 35.1 Å². The molecule has 11 nitrogen and oxygen atoms in total. The maximum atomic E-state index is 12.9. The van der Waals surface area contributed by atoms with E-state index in [1.165, 1.54) is 41.5 Å². The van der Waals surface area contributed by atoms with Crippen molar-refractivity contribution in [2.75, 3.05) is 10.7 Å². The number of benzene rings is 3. The summed E-state index contributed by atoms with van der Waals surface area (Å²) >= 11 is 0.863. The van der Waals surface area contributed by atoms with Crippen molar-refractivity contribution < 1.29 is 45.4 Å². The Morgan fingerprint density at radius 1 is 0.978 bits per heavy atom. The van der Waals surface area contributed by atoms with Crippen LogP contribution in [-0.2, 0) is 4.79 Å². The minimum Gasteiger partial charge on any atom is -0.406 e. The lowest BCUT2D eigenvalue weighted by Gasteiger charge is -2.21. The number of nitrogens with zero attached hydrogens (tertiary/aromatic N) is 6. The number of aromatic nitrogens is 3. The van der Waals surface area contributed by atoms with E-state index >= 15 is 0 Å². The Bertz CT molecular complexity index is 1810. The van der Waals surface area contributed by atoms with Crippen molar-refractivity contribution in [3.63, 3.8) is 0 Å². The lowest BCUT2D eigenvalue weighted by atomic mass is 10.1. The predicted molar refractivity (Wildman–Crippen MR) is 155 cm³/mol.